The molecule has 1 aliphatic rings. The van der Waals surface area contributed by atoms with E-state index in [1.165, 1.54) is 12.8 Å². The number of likely N-dealkylation sites (tertiary alicyclic amines) is 1. The molecule has 5 heterocycles. The first-order chi connectivity index (χ1) is 20.5. The van der Waals surface area contributed by atoms with Crippen molar-refractivity contribution >= 4 is 33.5 Å². The number of imidazole rings is 1. The standard InChI is InChI=1S/C32H29FN8O/c1-2-29(42)36-24-12-22(14-34-15-24)20-5-6-27-25(13-20)31(40-39-27)32-37-28-17-35-16-26(30(28)38-32)21-9-19(10-23(33)11-21)18-41-7-3-4-8-41/h5-6,9-17H,2-4,7-8,18H2,1H3,(H,36,42)(H,37,38)(H,39,40). The Balaban J connectivity index is 1.26. The Morgan fingerprint density at radius 1 is 0.952 bits per heavy atom. The van der Waals surface area contributed by atoms with Gasteiger partial charge in [-0.25, -0.2) is 9.37 Å². The number of benzene rings is 2. The number of pyridine rings is 2. The molecule has 6 aromatic rings. The Kier molecular flexibility index (Phi) is 6.67. The third-order valence-electron chi connectivity index (χ3n) is 7.73. The highest BCUT2D eigenvalue weighted by molar-refractivity contribution is 5.98. The van der Waals surface area contributed by atoms with Crippen molar-refractivity contribution in [1.82, 2.24) is 35.0 Å². The maximum atomic E-state index is 14.8. The van der Waals surface area contributed by atoms with Gasteiger partial charge in [-0.1, -0.05) is 13.0 Å². The normalized spacial score (nSPS) is 13.8. The molecule has 0 radical (unpaired) electrons. The van der Waals surface area contributed by atoms with E-state index < -0.39 is 0 Å². The number of aromatic amines is 2. The van der Waals surface area contributed by atoms with E-state index >= 15 is 0 Å². The van der Waals surface area contributed by atoms with E-state index in [0.29, 0.717) is 29.1 Å². The molecule has 10 heteroatoms. The molecule has 3 N–H and O–H groups in total. The van der Waals surface area contributed by atoms with Gasteiger partial charge in [0.1, 0.15) is 11.5 Å². The van der Waals surface area contributed by atoms with Crippen LogP contribution in [0.3, 0.4) is 0 Å². The van der Waals surface area contributed by atoms with E-state index in [-0.39, 0.29) is 11.7 Å². The third kappa shape index (κ3) is 5.01. The summed E-state index contributed by atoms with van der Waals surface area (Å²) < 4.78 is 14.8. The molecule has 0 saturated carbocycles. The summed E-state index contributed by atoms with van der Waals surface area (Å²) in [7, 11) is 0. The van der Waals surface area contributed by atoms with E-state index in [1.54, 1.807) is 36.9 Å². The van der Waals surface area contributed by atoms with Gasteiger partial charge in [0.05, 0.1) is 34.6 Å². The number of nitrogens with zero attached hydrogens (tertiary/aromatic N) is 5. The molecule has 0 atom stereocenters. The van der Waals surface area contributed by atoms with Gasteiger partial charge in [-0.05, 0) is 79.0 Å². The molecule has 2 aromatic carbocycles. The average Bonchev–Trinajstić information content (AvgIpc) is 3.76. The lowest BCUT2D eigenvalue weighted by Crippen LogP contribution is -2.18. The predicted molar refractivity (Wildman–Crippen MR) is 161 cm³/mol. The summed E-state index contributed by atoms with van der Waals surface area (Å²) in [6.07, 6.45) is 9.62. The maximum absolute atomic E-state index is 14.8. The second-order valence-corrected chi connectivity index (χ2v) is 10.7. The van der Waals surface area contributed by atoms with Crippen LogP contribution >= 0.6 is 0 Å². The van der Waals surface area contributed by atoms with Gasteiger partial charge in [-0.15, -0.1) is 0 Å². The number of fused-ring (bicyclic) bond motifs is 2. The summed E-state index contributed by atoms with van der Waals surface area (Å²) in [6.45, 7) is 4.62. The van der Waals surface area contributed by atoms with E-state index in [4.69, 9.17) is 4.98 Å². The molecule has 0 bridgehead atoms. The van der Waals surface area contributed by atoms with Gasteiger partial charge in [0.2, 0.25) is 5.91 Å². The second-order valence-electron chi connectivity index (χ2n) is 10.7. The van der Waals surface area contributed by atoms with E-state index in [9.17, 15) is 9.18 Å². The molecule has 7 rings (SSSR count). The second kappa shape index (κ2) is 10.8. The lowest BCUT2D eigenvalue weighted by molar-refractivity contribution is -0.115. The highest BCUT2D eigenvalue weighted by atomic mass is 19.1. The fourth-order valence-electron chi connectivity index (χ4n) is 5.64. The minimum Gasteiger partial charge on any atom is -0.335 e. The van der Waals surface area contributed by atoms with Crippen LogP contribution in [0.1, 0.15) is 31.7 Å². The molecule has 9 nitrogen and oxygen atoms in total. The van der Waals surface area contributed by atoms with Crippen molar-refractivity contribution < 1.29 is 9.18 Å². The Bertz CT molecular complexity index is 1940. The Morgan fingerprint density at radius 2 is 1.81 bits per heavy atom. The van der Waals surface area contributed by atoms with Crippen LogP contribution in [0.2, 0.25) is 0 Å². The van der Waals surface area contributed by atoms with Crippen molar-refractivity contribution in [3.8, 4) is 33.8 Å². The van der Waals surface area contributed by atoms with Crippen molar-refractivity contribution in [3.63, 3.8) is 0 Å². The molecular formula is C32H29FN8O. The van der Waals surface area contributed by atoms with E-state index in [2.05, 4.69) is 35.4 Å². The van der Waals surface area contributed by atoms with Crippen LogP contribution in [-0.2, 0) is 11.3 Å². The van der Waals surface area contributed by atoms with Crippen molar-refractivity contribution in [2.75, 3.05) is 18.4 Å². The van der Waals surface area contributed by atoms with Gasteiger partial charge in [-0.2, -0.15) is 5.10 Å². The summed E-state index contributed by atoms with van der Waals surface area (Å²) in [4.78, 5) is 31.3. The molecule has 210 valence electrons. The topological polar surface area (TPSA) is 115 Å². The Labute approximate surface area is 241 Å². The molecular weight excluding hydrogens is 531 g/mol. The van der Waals surface area contributed by atoms with Crippen LogP contribution in [0.25, 0.3) is 55.7 Å². The minimum atomic E-state index is -0.270. The Morgan fingerprint density at radius 3 is 2.67 bits per heavy atom. The van der Waals surface area contributed by atoms with Crippen LogP contribution in [-0.4, -0.2) is 54.0 Å². The number of rotatable bonds is 7. The van der Waals surface area contributed by atoms with E-state index in [1.807, 2.05) is 37.3 Å². The Hall–Kier alpha value is -4.96. The zero-order valence-electron chi connectivity index (χ0n) is 23.1. The van der Waals surface area contributed by atoms with Crippen LogP contribution in [0.4, 0.5) is 10.1 Å². The van der Waals surface area contributed by atoms with Gasteiger partial charge < -0.3 is 10.3 Å². The van der Waals surface area contributed by atoms with E-state index in [0.717, 1.165) is 63.9 Å². The smallest absolute Gasteiger partial charge is 0.224 e. The molecule has 42 heavy (non-hydrogen) atoms. The first-order valence-corrected chi connectivity index (χ1v) is 14.1. The van der Waals surface area contributed by atoms with Crippen LogP contribution in [0, 0.1) is 5.82 Å². The number of halogens is 1. The summed E-state index contributed by atoms with van der Waals surface area (Å²) in [6, 6.07) is 13.1. The van der Waals surface area contributed by atoms with Crippen molar-refractivity contribution in [1.29, 1.82) is 0 Å². The fraction of sp³-hybridized carbons (Fsp3) is 0.219. The fourth-order valence-corrected chi connectivity index (χ4v) is 5.64. The highest BCUT2D eigenvalue weighted by Gasteiger charge is 2.18. The third-order valence-corrected chi connectivity index (χ3v) is 7.73. The quantitative estimate of drug-likeness (QED) is 0.211. The predicted octanol–water partition coefficient (Wildman–Crippen LogP) is 6.31. The van der Waals surface area contributed by atoms with Crippen molar-refractivity contribution in [2.24, 2.45) is 0 Å². The molecule has 0 unspecified atom stereocenters. The maximum Gasteiger partial charge on any atom is 0.224 e. The van der Waals surface area contributed by atoms with Gasteiger partial charge in [0.25, 0.3) is 0 Å². The summed E-state index contributed by atoms with van der Waals surface area (Å²) in [5.41, 5.74) is 7.84. The number of aromatic nitrogens is 6. The molecule has 0 aliphatic carbocycles. The minimum absolute atomic E-state index is 0.0682. The number of carbonyl (C=O) groups excluding carboxylic acids is 1. The largest absolute Gasteiger partial charge is 0.335 e. The number of carbonyl (C=O) groups is 1. The van der Waals surface area contributed by atoms with Gasteiger partial charge in [0, 0.05) is 41.9 Å². The highest BCUT2D eigenvalue weighted by Crippen LogP contribution is 2.34. The average molecular weight is 561 g/mol. The molecule has 4 aromatic heterocycles. The van der Waals surface area contributed by atoms with Gasteiger partial charge in [-0.3, -0.25) is 24.8 Å². The lowest BCUT2D eigenvalue weighted by Gasteiger charge is -2.15. The van der Waals surface area contributed by atoms with Gasteiger partial charge >= 0.3 is 0 Å². The van der Waals surface area contributed by atoms with Crippen LogP contribution in [0.5, 0.6) is 0 Å². The number of H-pyrrole nitrogens is 2. The summed E-state index contributed by atoms with van der Waals surface area (Å²) >= 11 is 0. The van der Waals surface area contributed by atoms with Gasteiger partial charge in [0.15, 0.2) is 5.82 Å². The molecule has 0 spiro atoms. The number of hydrogen-bond donors (Lipinski definition) is 3. The molecule has 1 saturated heterocycles. The zero-order chi connectivity index (χ0) is 28.6. The number of hydrogen-bond acceptors (Lipinski definition) is 6. The van der Waals surface area contributed by atoms with Crippen molar-refractivity contribution in [2.45, 2.75) is 32.7 Å². The van der Waals surface area contributed by atoms with Crippen molar-refractivity contribution in [3.05, 3.63) is 78.6 Å². The van der Waals surface area contributed by atoms with Crippen LogP contribution in [0.15, 0.2) is 67.3 Å². The first kappa shape index (κ1) is 26.0. The summed E-state index contributed by atoms with van der Waals surface area (Å²) in [5.74, 6) is 0.243. The number of anilines is 1. The summed E-state index contributed by atoms with van der Waals surface area (Å²) in [5, 5.41) is 11.4. The zero-order valence-corrected chi connectivity index (χ0v) is 23.1. The number of nitrogens with one attached hydrogen (secondary N) is 3. The lowest BCUT2D eigenvalue weighted by atomic mass is 10.0. The molecule has 1 amide bonds. The first-order valence-electron chi connectivity index (χ1n) is 14.1. The van der Waals surface area contributed by atoms with Crippen LogP contribution < -0.4 is 5.32 Å². The SMILES string of the molecule is CCC(=O)Nc1cncc(-c2ccc3[nH]nc(-c4nc5c(-c6cc(F)cc(CN7CCCC7)c6)cncc5[nH]4)c3c2)c1. The molecule has 1 fully saturated rings. The monoisotopic (exact) mass is 560 g/mol. The molecule has 1 aliphatic heterocycles. The number of amides is 1.